The Morgan fingerprint density at radius 2 is 2.19 bits per heavy atom. The number of rotatable bonds is 2. The second kappa shape index (κ2) is 4.26. The van der Waals surface area contributed by atoms with Gasteiger partial charge in [0.15, 0.2) is 5.71 Å². The molecule has 16 heavy (non-hydrogen) atoms. The summed E-state index contributed by atoms with van der Waals surface area (Å²) in [6.07, 6.45) is 0.249. The molecule has 0 aromatic heterocycles. The highest BCUT2D eigenvalue weighted by molar-refractivity contribution is 6.45. The van der Waals surface area contributed by atoms with Crippen LogP contribution >= 0.6 is 0 Å². The van der Waals surface area contributed by atoms with Crippen LogP contribution in [0.3, 0.4) is 0 Å². The Bertz CT molecular complexity index is 477. The lowest BCUT2D eigenvalue weighted by molar-refractivity contribution is -0.135. The molecular weight excluding hydrogens is 206 g/mol. The molecule has 0 unspecified atom stereocenters. The number of carbonyl (C=O) groups is 2. The van der Waals surface area contributed by atoms with E-state index >= 15 is 0 Å². The van der Waals surface area contributed by atoms with Crippen molar-refractivity contribution in [2.45, 2.75) is 13.3 Å². The lowest BCUT2D eigenvalue weighted by atomic mass is 9.97. The summed E-state index contributed by atoms with van der Waals surface area (Å²) in [7, 11) is 0. The molecule has 82 valence electrons. The number of carbonyl (C=O) groups excluding carboxylic acids is 2. The van der Waals surface area contributed by atoms with Crippen LogP contribution in [0.1, 0.15) is 18.1 Å². The van der Waals surface area contributed by atoms with Gasteiger partial charge in [-0.3, -0.25) is 4.79 Å². The van der Waals surface area contributed by atoms with Crippen LogP contribution in [0, 0.1) is 0 Å². The highest BCUT2D eigenvalue weighted by Gasteiger charge is 2.24. The molecule has 0 N–H and O–H groups in total. The molecular formula is C12H11NO3. The number of benzene rings is 1. The number of hydrogen-bond acceptors (Lipinski definition) is 3. The van der Waals surface area contributed by atoms with Crippen molar-refractivity contribution in [2.75, 3.05) is 6.61 Å². The summed E-state index contributed by atoms with van der Waals surface area (Å²) in [5.41, 5.74) is 1.64. The SMILES string of the molecule is CCOC(=O)C1=NC(=O)Cc2ccccc21. The van der Waals surface area contributed by atoms with Gasteiger partial charge >= 0.3 is 5.97 Å². The van der Waals surface area contributed by atoms with E-state index in [0.717, 1.165) is 5.56 Å². The van der Waals surface area contributed by atoms with Gasteiger partial charge in [-0.25, -0.2) is 9.79 Å². The Labute approximate surface area is 92.9 Å². The van der Waals surface area contributed by atoms with E-state index in [1.54, 1.807) is 13.0 Å². The van der Waals surface area contributed by atoms with Gasteiger partial charge in [0.2, 0.25) is 0 Å². The fourth-order valence-corrected chi connectivity index (χ4v) is 1.65. The Morgan fingerprint density at radius 3 is 2.94 bits per heavy atom. The van der Waals surface area contributed by atoms with Crippen LogP contribution in [0.2, 0.25) is 0 Å². The first-order chi connectivity index (χ1) is 7.72. The zero-order valence-electron chi connectivity index (χ0n) is 8.90. The highest BCUT2D eigenvalue weighted by atomic mass is 16.5. The smallest absolute Gasteiger partial charge is 0.357 e. The summed E-state index contributed by atoms with van der Waals surface area (Å²) in [4.78, 5) is 26.7. The fourth-order valence-electron chi connectivity index (χ4n) is 1.65. The molecule has 1 heterocycles. The molecule has 1 amide bonds. The number of aliphatic imine (C=N–C) groups is 1. The minimum absolute atomic E-state index is 0.119. The summed E-state index contributed by atoms with van der Waals surface area (Å²) in [5.74, 6) is -0.843. The molecule has 0 saturated heterocycles. The van der Waals surface area contributed by atoms with E-state index in [-0.39, 0.29) is 24.6 Å². The average Bonchev–Trinajstić information content (AvgIpc) is 2.28. The van der Waals surface area contributed by atoms with Gasteiger partial charge in [-0.05, 0) is 12.5 Å². The van der Waals surface area contributed by atoms with Crippen LogP contribution in [0.25, 0.3) is 0 Å². The predicted molar refractivity (Wildman–Crippen MR) is 58.3 cm³/mol. The molecule has 4 heteroatoms. The molecule has 2 rings (SSSR count). The van der Waals surface area contributed by atoms with Gasteiger partial charge in [0.25, 0.3) is 5.91 Å². The normalized spacial score (nSPS) is 14.1. The van der Waals surface area contributed by atoms with Crippen LogP contribution in [-0.4, -0.2) is 24.2 Å². The summed E-state index contributed by atoms with van der Waals surface area (Å²) >= 11 is 0. The zero-order chi connectivity index (χ0) is 11.5. The second-order valence-corrected chi connectivity index (χ2v) is 3.41. The third-order valence-electron chi connectivity index (χ3n) is 2.32. The molecule has 0 radical (unpaired) electrons. The Kier molecular flexibility index (Phi) is 2.81. The van der Waals surface area contributed by atoms with Crippen molar-refractivity contribution in [3.8, 4) is 0 Å². The number of hydrogen-bond donors (Lipinski definition) is 0. The maximum absolute atomic E-state index is 11.6. The third-order valence-corrected chi connectivity index (χ3v) is 2.32. The highest BCUT2D eigenvalue weighted by Crippen LogP contribution is 2.17. The zero-order valence-corrected chi connectivity index (χ0v) is 8.90. The molecule has 0 spiro atoms. The van der Waals surface area contributed by atoms with Gasteiger partial charge in [0, 0.05) is 5.56 Å². The van der Waals surface area contributed by atoms with Crippen molar-refractivity contribution < 1.29 is 14.3 Å². The quantitative estimate of drug-likeness (QED) is 0.697. The van der Waals surface area contributed by atoms with Gasteiger partial charge in [0.05, 0.1) is 13.0 Å². The van der Waals surface area contributed by atoms with Crippen molar-refractivity contribution in [3.05, 3.63) is 35.4 Å². The number of esters is 1. The van der Waals surface area contributed by atoms with Gasteiger partial charge in [0.1, 0.15) is 0 Å². The topological polar surface area (TPSA) is 55.7 Å². The van der Waals surface area contributed by atoms with Crippen molar-refractivity contribution in [1.29, 1.82) is 0 Å². The first kappa shape index (κ1) is 10.5. The van der Waals surface area contributed by atoms with Crippen LogP contribution in [0.15, 0.2) is 29.3 Å². The van der Waals surface area contributed by atoms with Crippen molar-refractivity contribution in [2.24, 2.45) is 4.99 Å². The third kappa shape index (κ3) is 1.86. The summed E-state index contributed by atoms with van der Waals surface area (Å²) in [6, 6.07) is 7.24. The van der Waals surface area contributed by atoms with E-state index in [4.69, 9.17) is 4.74 Å². The molecule has 1 aliphatic rings. The summed E-state index contributed by atoms with van der Waals surface area (Å²) in [5, 5.41) is 0. The molecule has 4 nitrogen and oxygen atoms in total. The van der Waals surface area contributed by atoms with E-state index in [1.807, 2.05) is 18.2 Å². The maximum atomic E-state index is 11.6. The van der Waals surface area contributed by atoms with E-state index in [0.29, 0.717) is 5.56 Å². The number of amides is 1. The lowest BCUT2D eigenvalue weighted by Crippen LogP contribution is -2.25. The van der Waals surface area contributed by atoms with Gasteiger partial charge < -0.3 is 4.74 Å². The molecule has 0 bridgehead atoms. The minimum atomic E-state index is -0.539. The minimum Gasteiger partial charge on any atom is -0.461 e. The van der Waals surface area contributed by atoms with Gasteiger partial charge in [-0.1, -0.05) is 24.3 Å². The lowest BCUT2D eigenvalue weighted by Gasteiger charge is -2.14. The van der Waals surface area contributed by atoms with Crippen LogP contribution in [-0.2, 0) is 20.7 Å². The molecule has 0 saturated carbocycles. The number of nitrogens with zero attached hydrogens (tertiary/aromatic N) is 1. The van der Waals surface area contributed by atoms with E-state index in [1.165, 1.54) is 0 Å². The van der Waals surface area contributed by atoms with Crippen molar-refractivity contribution >= 4 is 17.6 Å². The molecule has 1 aromatic rings. The van der Waals surface area contributed by atoms with Crippen molar-refractivity contribution in [1.82, 2.24) is 0 Å². The van der Waals surface area contributed by atoms with E-state index in [2.05, 4.69) is 4.99 Å². The van der Waals surface area contributed by atoms with Crippen LogP contribution in [0.4, 0.5) is 0 Å². The van der Waals surface area contributed by atoms with Crippen LogP contribution in [0.5, 0.6) is 0 Å². The first-order valence-corrected chi connectivity index (χ1v) is 5.09. The predicted octanol–water partition coefficient (Wildman–Crippen LogP) is 1.12. The molecule has 0 atom stereocenters. The fraction of sp³-hybridized carbons (Fsp3) is 0.250. The number of ether oxygens (including phenoxy) is 1. The van der Waals surface area contributed by atoms with E-state index < -0.39 is 5.97 Å². The van der Waals surface area contributed by atoms with Crippen LogP contribution < -0.4 is 0 Å². The molecule has 1 aromatic carbocycles. The maximum Gasteiger partial charge on any atom is 0.357 e. The standard InChI is InChI=1S/C12H11NO3/c1-2-16-12(15)11-9-6-4-3-5-8(9)7-10(14)13-11/h3-6H,2,7H2,1H3. The number of fused-ring (bicyclic) bond motifs is 1. The summed E-state index contributed by atoms with van der Waals surface area (Å²) in [6.45, 7) is 1.99. The Hall–Kier alpha value is -1.97. The van der Waals surface area contributed by atoms with E-state index in [9.17, 15) is 9.59 Å². The monoisotopic (exact) mass is 217 g/mol. The van der Waals surface area contributed by atoms with Gasteiger partial charge in [-0.2, -0.15) is 0 Å². The Morgan fingerprint density at radius 1 is 1.44 bits per heavy atom. The Balaban J connectivity index is 2.43. The molecule has 0 fully saturated rings. The summed E-state index contributed by atoms with van der Waals surface area (Å²) < 4.78 is 4.86. The van der Waals surface area contributed by atoms with Gasteiger partial charge in [-0.15, -0.1) is 0 Å². The largest absolute Gasteiger partial charge is 0.461 e. The van der Waals surface area contributed by atoms with Crippen molar-refractivity contribution in [3.63, 3.8) is 0 Å². The first-order valence-electron chi connectivity index (χ1n) is 5.09. The average molecular weight is 217 g/mol. The molecule has 1 aliphatic heterocycles. The molecule has 0 aliphatic carbocycles. The second-order valence-electron chi connectivity index (χ2n) is 3.41.